The number of ether oxygens (including phenoxy) is 1. The topological polar surface area (TPSA) is 24.5 Å². The summed E-state index contributed by atoms with van der Waals surface area (Å²) in [6, 6.07) is 1.19. The first-order valence-corrected chi connectivity index (χ1v) is 8.86. The standard InChI is InChI=1S/C18H36N2O/c1-8-19-16-14(17(4,5)21-18(16,6)7)12-20-11-9-10-15(20)13(2)3/h13-16,19H,8-12H2,1-7H3. The minimum absolute atomic E-state index is 0.0551. The molecule has 2 rings (SSSR count). The predicted octanol–water partition coefficient (Wildman–Crippen LogP) is 3.29. The Bertz CT molecular complexity index is 351. The van der Waals surface area contributed by atoms with Crippen LogP contribution in [0.1, 0.15) is 61.3 Å². The second-order valence-electron chi connectivity index (χ2n) is 8.40. The Labute approximate surface area is 131 Å². The third kappa shape index (κ3) is 3.46. The molecular formula is C18H36N2O. The number of nitrogens with one attached hydrogen (secondary N) is 1. The maximum atomic E-state index is 6.43. The van der Waals surface area contributed by atoms with E-state index >= 15 is 0 Å². The fourth-order valence-electron chi connectivity index (χ4n) is 4.72. The summed E-state index contributed by atoms with van der Waals surface area (Å²) >= 11 is 0. The summed E-state index contributed by atoms with van der Waals surface area (Å²) in [6.07, 6.45) is 2.72. The Morgan fingerprint density at radius 3 is 2.43 bits per heavy atom. The number of rotatable bonds is 5. The maximum absolute atomic E-state index is 6.43. The van der Waals surface area contributed by atoms with Crippen molar-refractivity contribution in [3.05, 3.63) is 0 Å². The molecule has 124 valence electrons. The van der Waals surface area contributed by atoms with Crippen LogP contribution in [0.15, 0.2) is 0 Å². The van der Waals surface area contributed by atoms with Gasteiger partial charge in [-0.2, -0.15) is 0 Å². The van der Waals surface area contributed by atoms with E-state index in [1.807, 2.05) is 0 Å². The third-order valence-corrected chi connectivity index (χ3v) is 5.61. The van der Waals surface area contributed by atoms with Gasteiger partial charge in [0.15, 0.2) is 0 Å². The van der Waals surface area contributed by atoms with Gasteiger partial charge in [0.1, 0.15) is 0 Å². The van der Waals surface area contributed by atoms with Crippen LogP contribution in [0.3, 0.4) is 0 Å². The number of nitrogens with zero attached hydrogens (tertiary/aromatic N) is 1. The smallest absolute Gasteiger partial charge is 0.0790 e. The van der Waals surface area contributed by atoms with Crippen molar-refractivity contribution in [2.45, 2.75) is 84.6 Å². The van der Waals surface area contributed by atoms with Gasteiger partial charge in [0.25, 0.3) is 0 Å². The van der Waals surface area contributed by atoms with E-state index in [1.165, 1.54) is 19.4 Å². The Morgan fingerprint density at radius 2 is 1.86 bits per heavy atom. The van der Waals surface area contributed by atoms with E-state index in [0.717, 1.165) is 25.0 Å². The zero-order valence-corrected chi connectivity index (χ0v) is 15.2. The van der Waals surface area contributed by atoms with Gasteiger partial charge in [0.05, 0.1) is 11.2 Å². The van der Waals surface area contributed by atoms with Crippen LogP contribution in [0.25, 0.3) is 0 Å². The van der Waals surface area contributed by atoms with Crippen LogP contribution in [0, 0.1) is 11.8 Å². The number of hydrogen-bond acceptors (Lipinski definition) is 3. The van der Waals surface area contributed by atoms with E-state index in [9.17, 15) is 0 Å². The first-order valence-electron chi connectivity index (χ1n) is 8.86. The summed E-state index contributed by atoms with van der Waals surface area (Å²) in [5, 5.41) is 3.71. The first kappa shape index (κ1) is 17.2. The molecule has 0 radical (unpaired) electrons. The van der Waals surface area contributed by atoms with E-state index in [1.54, 1.807) is 0 Å². The van der Waals surface area contributed by atoms with Gasteiger partial charge in [0.2, 0.25) is 0 Å². The predicted molar refractivity (Wildman–Crippen MR) is 89.6 cm³/mol. The molecule has 3 nitrogen and oxygen atoms in total. The number of likely N-dealkylation sites (N-methyl/N-ethyl adjacent to an activating group) is 1. The van der Waals surface area contributed by atoms with E-state index < -0.39 is 0 Å². The van der Waals surface area contributed by atoms with Crippen LogP contribution in [-0.2, 0) is 4.74 Å². The average Bonchev–Trinajstić information content (AvgIpc) is 2.85. The Morgan fingerprint density at radius 1 is 1.19 bits per heavy atom. The highest BCUT2D eigenvalue weighted by molar-refractivity contribution is 5.06. The second-order valence-corrected chi connectivity index (χ2v) is 8.40. The Hall–Kier alpha value is -0.120. The van der Waals surface area contributed by atoms with Crippen LogP contribution in [-0.4, -0.2) is 47.8 Å². The van der Waals surface area contributed by atoms with E-state index in [0.29, 0.717) is 12.0 Å². The highest BCUT2D eigenvalue weighted by atomic mass is 16.5. The van der Waals surface area contributed by atoms with Crippen molar-refractivity contribution in [1.29, 1.82) is 0 Å². The van der Waals surface area contributed by atoms with Gasteiger partial charge >= 0.3 is 0 Å². The largest absolute Gasteiger partial charge is 0.368 e. The molecule has 0 aromatic carbocycles. The van der Waals surface area contributed by atoms with Gasteiger partial charge in [-0.05, 0) is 59.5 Å². The van der Waals surface area contributed by atoms with Crippen molar-refractivity contribution in [3.63, 3.8) is 0 Å². The summed E-state index contributed by atoms with van der Waals surface area (Å²) in [5.41, 5.74) is -0.141. The fourth-order valence-corrected chi connectivity index (χ4v) is 4.72. The molecule has 2 fully saturated rings. The molecular weight excluding hydrogens is 260 g/mol. The van der Waals surface area contributed by atoms with E-state index in [2.05, 4.69) is 58.7 Å². The lowest BCUT2D eigenvalue weighted by atomic mass is 9.81. The SMILES string of the molecule is CCNC1C(CN2CCCC2C(C)C)C(C)(C)OC1(C)C. The molecule has 2 heterocycles. The molecule has 2 aliphatic heterocycles. The summed E-state index contributed by atoms with van der Waals surface area (Å²) in [6.45, 7) is 19.4. The first-order chi connectivity index (χ1) is 9.69. The molecule has 3 unspecified atom stereocenters. The molecule has 0 bridgehead atoms. The van der Waals surface area contributed by atoms with Crippen molar-refractivity contribution < 1.29 is 4.74 Å². The third-order valence-electron chi connectivity index (χ3n) is 5.61. The van der Waals surface area contributed by atoms with E-state index in [-0.39, 0.29) is 11.2 Å². The van der Waals surface area contributed by atoms with Gasteiger partial charge in [-0.25, -0.2) is 0 Å². The molecule has 2 saturated heterocycles. The Balaban J connectivity index is 2.15. The Kier molecular flexibility index (Phi) is 5.07. The van der Waals surface area contributed by atoms with Crippen LogP contribution >= 0.6 is 0 Å². The lowest BCUT2D eigenvalue weighted by Crippen LogP contribution is -2.52. The number of hydrogen-bond donors (Lipinski definition) is 1. The molecule has 2 aliphatic rings. The quantitative estimate of drug-likeness (QED) is 0.842. The minimum atomic E-state index is -0.0861. The molecule has 1 N–H and O–H groups in total. The van der Waals surface area contributed by atoms with Crippen molar-refractivity contribution in [2.24, 2.45) is 11.8 Å². The molecule has 0 amide bonds. The lowest BCUT2D eigenvalue weighted by molar-refractivity contribution is -0.0800. The molecule has 3 heteroatoms. The van der Waals surface area contributed by atoms with E-state index in [4.69, 9.17) is 4.74 Å². The zero-order valence-electron chi connectivity index (χ0n) is 15.2. The molecule has 0 aromatic heterocycles. The van der Waals surface area contributed by atoms with Crippen LogP contribution in [0.5, 0.6) is 0 Å². The summed E-state index contributed by atoms with van der Waals surface area (Å²) in [5.74, 6) is 1.30. The highest BCUT2D eigenvalue weighted by Crippen LogP contribution is 2.43. The highest BCUT2D eigenvalue weighted by Gasteiger charge is 2.54. The fraction of sp³-hybridized carbons (Fsp3) is 1.00. The average molecular weight is 296 g/mol. The monoisotopic (exact) mass is 296 g/mol. The number of likely N-dealkylation sites (tertiary alicyclic amines) is 1. The molecule has 21 heavy (non-hydrogen) atoms. The normalized spacial score (nSPS) is 35.7. The molecule has 0 saturated carbocycles. The lowest BCUT2D eigenvalue weighted by Gasteiger charge is -2.36. The molecule has 0 aliphatic carbocycles. The van der Waals surface area contributed by atoms with Crippen molar-refractivity contribution in [2.75, 3.05) is 19.6 Å². The van der Waals surface area contributed by atoms with Crippen LogP contribution in [0.4, 0.5) is 0 Å². The zero-order chi connectivity index (χ0) is 15.8. The van der Waals surface area contributed by atoms with Crippen molar-refractivity contribution in [3.8, 4) is 0 Å². The second kappa shape index (κ2) is 6.17. The molecule has 3 atom stereocenters. The van der Waals surface area contributed by atoms with Crippen LogP contribution < -0.4 is 5.32 Å². The van der Waals surface area contributed by atoms with Gasteiger partial charge in [-0.15, -0.1) is 0 Å². The van der Waals surface area contributed by atoms with Crippen LogP contribution in [0.2, 0.25) is 0 Å². The maximum Gasteiger partial charge on any atom is 0.0790 e. The van der Waals surface area contributed by atoms with Gasteiger partial charge in [-0.1, -0.05) is 20.8 Å². The van der Waals surface area contributed by atoms with Gasteiger partial charge in [-0.3, -0.25) is 4.90 Å². The summed E-state index contributed by atoms with van der Waals surface area (Å²) < 4.78 is 6.43. The minimum Gasteiger partial charge on any atom is -0.368 e. The van der Waals surface area contributed by atoms with Gasteiger partial charge < -0.3 is 10.1 Å². The van der Waals surface area contributed by atoms with Crippen molar-refractivity contribution in [1.82, 2.24) is 10.2 Å². The molecule has 0 aromatic rings. The summed E-state index contributed by atoms with van der Waals surface area (Å²) in [7, 11) is 0. The van der Waals surface area contributed by atoms with Crippen molar-refractivity contribution >= 4 is 0 Å². The summed E-state index contributed by atoms with van der Waals surface area (Å²) in [4.78, 5) is 2.73. The van der Waals surface area contributed by atoms with Gasteiger partial charge in [0, 0.05) is 24.5 Å². The molecule has 0 spiro atoms.